The maximum Gasteiger partial charge on any atom is 0.276 e. The molecule has 1 aromatic carbocycles. The third-order valence-electron chi connectivity index (χ3n) is 4.98. The topological polar surface area (TPSA) is 89.8 Å². The number of likely N-dealkylation sites (tertiary alicyclic amines) is 1. The van der Waals surface area contributed by atoms with Crippen LogP contribution in [0.15, 0.2) is 36.5 Å². The number of ether oxygens (including phenoxy) is 2. The van der Waals surface area contributed by atoms with Crippen molar-refractivity contribution in [2.24, 2.45) is 0 Å². The lowest BCUT2D eigenvalue weighted by Gasteiger charge is -2.40. The molecule has 4 rings (SSSR count). The van der Waals surface area contributed by atoms with Crippen molar-refractivity contribution < 1.29 is 19.1 Å². The normalized spacial score (nSPS) is 18.5. The maximum absolute atomic E-state index is 12.5. The van der Waals surface area contributed by atoms with Crippen LogP contribution in [0, 0.1) is 0 Å². The van der Waals surface area contributed by atoms with Crippen LogP contribution in [0.4, 0.5) is 0 Å². The Bertz CT molecular complexity index is 828. The van der Waals surface area contributed by atoms with E-state index in [1.165, 1.54) is 0 Å². The molecule has 0 aliphatic carbocycles. The second-order valence-electron chi connectivity index (χ2n) is 6.96. The van der Waals surface area contributed by atoms with Crippen LogP contribution in [-0.4, -0.2) is 82.1 Å². The van der Waals surface area contributed by atoms with Crippen LogP contribution in [0.25, 0.3) is 0 Å². The summed E-state index contributed by atoms with van der Waals surface area (Å²) in [6.07, 6.45) is 1.10. The van der Waals surface area contributed by atoms with Gasteiger partial charge in [0.15, 0.2) is 11.8 Å². The standard InChI is InChI=1S/C19H23N5O4/c1-14(28-16-5-3-2-4-6-16)18(25)23-11-15(12-23)24-13-17(20-21-24)19(26)22-7-9-27-10-8-22/h2-6,13-15H,7-12H2,1H3. The first kappa shape index (κ1) is 18.4. The lowest BCUT2D eigenvalue weighted by atomic mass is 10.1. The fourth-order valence-electron chi connectivity index (χ4n) is 3.29. The third kappa shape index (κ3) is 3.84. The Hall–Kier alpha value is -2.94. The number of para-hydroxylation sites is 1. The number of hydrogen-bond donors (Lipinski definition) is 0. The predicted octanol–water partition coefficient (Wildman–Crippen LogP) is 0.601. The molecule has 9 heteroatoms. The highest BCUT2D eigenvalue weighted by Crippen LogP contribution is 2.22. The maximum atomic E-state index is 12.5. The summed E-state index contributed by atoms with van der Waals surface area (Å²) < 4.78 is 12.6. The zero-order valence-electron chi connectivity index (χ0n) is 15.7. The third-order valence-corrected chi connectivity index (χ3v) is 4.98. The molecule has 2 saturated heterocycles. The summed E-state index contributed by atoms with van der Waals surface area (Å²) in [5.74, 6) is 0.472. The number of carbonyl (C=O) groups excluding carboxylic acids is 2. The first-order chi connectivity index (χ1) is 13.6. The van der Waals surface area contributed by atoms with Crippen LogP contribution in [0.5, 0.6) is 5.75 Å². The lowest BCUT2D eigenvalue weighted by Crippen LogP contribution is -2.54. The molecule has 2 aliphatic rings. The zero-order chi connectivity index (χ0) is 19.5. The smallest absolute Gasteiger partial charge is 0.276 e. The number of aromatic nitrogens is 3. The second-order valence-corrected chi connectivity index (χ2v) is 6.96. The van der Waals surface area contributed by atoms with Gasteiger partial charge < -0.3 is 19.3 Å². The number of morpholine rings is 1. The quantitative estimate of drug-likeness (QED) is 0.749. The molecule has 0 bridgehead atoms. The summed E-state index contributed by atoms with van der Waals surface area (Å²) in [7, 11) is 0. The molecular formula is C19H23N5O4. The minimum Gasteiger partial charge on any atom is -0.481 e. The Balaban J connectivity index is 1.29. The van der Waals surface area contributed by atoms with Crippen molar-refractivity contribution in [3.05, 3.63) is 42.2 Å². The van der Waals surface area contributed by atoms with Crippen LogP contribution >= 0.6 is 0 Å². The van der Waals surface area contributed by atoms with Crippen molar-refractivity contribution in [3.63, 3.8) is 0 Å². The molecule has 148 valence electrons. The first-order valence-electron chi connectivity index (χ1n) is 9.41. The Labute approximate surface area is 162 Å². The molecule has 0 N–H and O–H groups in total. The average molecular weight is 385 g/mol. The molecule has 1 unspecified atom stereocenters. The van der Waals surface area contributed by atoms with Crippen LogP contribution in [-0.2, 0) is 9.53 Å². The van der Waals surface area contributed by atoms with Gasteiger partial charge in [0.25, 0.3) is 11.8 Å². The van der Waals surface area contributed by atoms with Crippen molar-refractivity contribution in [1.82, 2.24) is 24.8 Å². The number of carbonyl (C=O) groups is 2. The molecular weight excluding hydrogens is 362 g/mol. The molecule has 0 radical (unpaired) electrons. The number of rotatable bonds is 5. The molecule has 3 heterocycles. The van der Waals surface area contributed by atoms with Crippen LogP contribution in [0.3, 0.4) is 0 Å². The Morgan fingerprint density at radius 1 is 1.14 bits per heavy atom. The van der Waals surface area contributed by atoms with Gasteiger partial charge in [0.1, 0.15) is 5.75 Å². The summed E-state index contributed by atoms with van der Waals surface area (Å²) in [6, 6.07) is 9.30. The first-order valence-corrected chi connectivity index (χ1v) is 9.41. The molecule has 1 atom stereocenters. The summed E-state index contributed by atoms with van der Waals surface area (Å²) in [5, 5.41) is 8.09. The van der Waals surface area contributed by atoms with E-state index in [1.54, 1.807) is 27.6 Å². The zero-order valence-corrected chi connectivity index (χ0v) is 15.7. The molecule has 9 nitrogen and oxygen atoms in total. The van der Waals surface area contributed by atoms with E-state index < -0.39 is 6.10 Å². The van der Waals surface area contributed by atoms with Gasteiger partial charge >= 0.3 is 0 Å². The van der Waals surface area contributed by atoms with Crippen molar-refractivity contribution in [2.75, 3.05) is 39.4 Å². The number of nitrogens with zero attached hydrogens (tertiary/aromatic N) is 5. The highest BCUT2D eigenvalue weighted by molar-refractivity contribution is 5.92. The molecule has 28 heavy (non-hydrogen) atoms. The summed E-state index contributed by atoms with van der Waals surface area (Å²) in [6.45, 7) is 5.02. The predicted molar refractivity (Wildman–Crippen MR) is 98.9 cm³/mol. The largest absolute Gasteiger partial charge is 0.481 e. The monoisotopic (exact) mass is 385 g/mol. The summed E-state index contributed by atoms with van der Waals surface area (Å²) >= 11 is 0. The molecule has 2 aromatic rings. The number of hydrogen-bond acceptors (Lipinski definition) is 6. The van der Waals surface area contributed by atoms with Gasteiger partial charge in [-0.25, -0.2) is 4.68 Å². The fourth-order valence-corrected chi connectivity index (χ4v) is 3.29. The van der Waals surface area contributed by atoms with E-state index in [4.69, 9.17) is 9.47 Å². The fraction of sp³-hybridized carbons (Fsp3) is 0.474. The van der Waals surface area contributed by atoms with Gasteiger partial charge in [0, 0.05) is 26.2 Å². The highest BCUT2D eigenvalue weighted by Gasteiger charge is 2.36. The molecule has 0 spiro atoms. The Morgan fingerprint density at radius 2 is 1.86 bits per heavy atom. The van der Waals surface area contributed by atoms with Crippen molar-refractivity contribution >= 4 is 11.8 Å². The van der Waals surface area contributed by atoms with E-state index >= 15 is 0 Å². The Kier molecular flexibility index (Phi) is 5.25. The second kappa shape index (κ2) is 7.97. The van der Waals surface area contributed by atoms with Gasteiger partial charge in [-0.1, -0.05) is 23.4 Å². The van der Waals surface area contributed by atoms with Crippen molar-refractivity contribution in [3.8, 4) is 5.75 Å². The van der Waals surface area contributed by atoms with Gasteiger partial charge in [0.05, 0.1) is 25.5 Å². The molecule has 2 amide bonds. The molecule has 1 aromatic heterocycles. The summed E-state index contributed by atoms with van der Waals surface area (Å²) in [4.78, 5) is 28.4. The molecule has 0 saturated carbocycles. The molecule has 2 aliphatic heterocycles. The summed E-state index contributed by atoms with van der Waals surface area (Å²) in [5.41, 5.74) is 0.326. The van der Waals surface area contributed by atoms with Gasteiger partial charge in [0.2, 0.25) is 0 Å². The van der Waals surface area contributed by atoms with E-state index in [0.29, 0.717) is 50.8 Å². The SMILES string of the molecule is CC(Oc1ccccc1)C(=O)N1CC(n2cc(C(=O)N3CCOCC3)nn2)C1. The van der Waals surface area contributed by atoms with Crippen molar-refractivity contribution in [1.29, 1.82) is 0 Å². The van der Waals surface area contributed by atoms with E-state index in [1.807, 2.05) is 30.3 Å². The average Bonchev–Trinajstić information content (AvgIpc) is 3.17. The van der Waals surface area contributed by atoms with E-state index in [2.05, 4.69) is 10.3 Å². The number of benzene rings is 1. The van der Waals surface area contributed by atoms with Crippen LogP contribution in [0.2, 0.25) is 0 Å². The van der Waals surface area contributed by atoms with E-state index in [0.717, 1.165) is 0 Å². The van der Waals surface area contributed by atoms with Crippen LogP contribution in [0.1, 0.15) is 23.5 Å². The van der Waals surface area contributed by atoms with Gasteiger partial charge in [-0.05, 0) is 19.1 Å². The van der Waals surface area contributed by atoms with E-state index in [9.17, 15) is 9.59 Å². The van der Waals surface area contributed by atoms with E-state index in [-0.39, 0.29) is 17.9 Å². The lowest BCUT2D eigenvalue weighted by molar-refractivity contribution is -0.144. The minimum absolute atomic E-state index is 0.0200. The van der Waals surface area contributed by atoms with Gasteiger partial charge in [-0.3, -0.25) is 9.59 Å². The highest BCUT2D eigenvalue weighted by atomic mass is 16.5. The van der Waals surface area contributed by atoms with Gasteiger partial charge in [-0.15, -0.1) is 5.10 Å². The Morgan fingerprint density at radius 3 is 2.57 bits per heavy atom. The minimum atomic E-state index is -0.558. The molecule has 2 fully saturated rings. The van der Waals surface area contributed by atoms with Crippen molar-refractivity contribution in [2.45, 2.75) is 19.1 Å². The van der Waals surface area contributed by atoms with Crippen LogP contribution < -0.4 is 4.74 Å². The number of amides is 2. The van der Waals surface area contributed by atoms with Gasteiger partial charge in [-0.2, -0.15) is 0 Å².